The molecule has 0 aromatic heterocycles. The minimum atomic E-state index is -0.332. The third-order valence-electron chi connectivity index (χ3n) is 2.20. The lowest BCUT2D eigenvalue weighted by Gasteiger charge is -2.36. The van der Waals surface area contributed by atoms with E-state index in [4.69, 9.17) is 29.6 Å². The highest BCUT2D eigenvalue weighted by Crippen LogP contribution is 2.22. The standard InChI is InChI=1S/C11H33N6O6/c1-12-18-13(2,3)20-15(6,7)22-17(10,11)23-16(8,9)21-14(4,5)19-12/h1-11H3/q+5. The molecule has 0 aromatic carbocycles. The lowest BCUT2D eigenvalue weighted by atomic mass is 11.1. The minimum absolute atomic E-state index is 0.310. The van der Waals surface area contributed by atoms with Crippen LogP contribution in [0.2, 0.25) is 0 Å². The van der Waals surface area contributed by atoms with Crippen molar-refractivity contribution in [3.8, 4) is 0 Å². The van der Waals surface area contributed by atoms with E-state index in [1.807, 2.05) is 0 Å². The first-order valence-electron chi connectivity index (χ1n) is 7.11. The smallest absolute Gasteiger partial charge is 0.0350 e. The summed E-state index contributed by atoms with van der Waals surface area (Å²) in [7, 11) is 18.5. The van der Waals surface area contributed by atoms with Crippen LogP contribution in [0.3, 0.4) is 0 Å². The molecule has 0 N–H and O–H groups in total. The highest BCUT2D eigenvalue weighted by atomic mass is 17.4. The van der Waals surface area contributed by atoms with Crippen molar-refractivity contribution in [2.45, 2.75) is 0 Å². The number of hydroxylamine groups is 22. The Balaban J connectivity index is 3.14. The van der Waals surface area contributed by atoms with Crippen LogP contribution in [0, 0.1) is 0 Å². The molecule has 0 aromatic rings. The molecular formula is C11H33N6O6+5. The first kappa shape index (κ1) is 20.6. The maximum Gasteiger partial charge on any atom is 0.144 e. The van der Waals surface area contributed by atoms with E-state index in [0.717, 1.165) is 5.23 Å². The average molecular weight is 345 g/mol. The van der Waals surface area contributed by atoms with Crippen LogP contribution in [0.1, 0.15) is 0 Å². The van der Waals surface area contributed by atoms with E-state index in [0.29, 0.717) is 0 Å². The minimum Gasteiger partial charge on any atom is -0.0350 e. The molecule has 0 aliphatic carbocycles. The summed E-state index contributed by atoms with van der Waals surface area (Å²) >= 11 is 0. The monoisotopic (exact) mass is 345 g/mol. The van der Waals surface area contributed by atoms with Crippen molar-refractivity contribution in [2.24, 2.45) is 0 Å². The van der Waals surface area contributed by atoms with Gasteiger partial charge in [0, 0.05) is 14.8 Å². The molecule has 12 heteroatoms. The van der Waals surface area contributed by atoms with Gasteiger partial charge in [-0.15, -0.1) is 0 Å². The summed E-state index contributed by atoms with van der Waals surface area (Å²) in [5, 5.41) is 1.14. The van der Waals surface area contributed by atoms with Crippen LogP contribution in [-0.4, -0.2) is 107 Å². The van der Waals surface area contributed by atoms with Gasteiger partial charge in [-0.05, 0) is 9.88 Å². The van der Waals surface area contributed by atoms with Gasteiger partial charge in [0.2, 0.25) is 0 Å². The molecule has 0 atom stereocenters. The number of quaternary nitrogens is 5. The van der Waals surface area contributed by atoms with Gasteiger partial charge in [0.15, 0.2) is 0 Å². The van der Waals surface area contributed by atoms with Crippen LogP contribution in [0.4, 0.5) is 0 Å². The van der Waals surface area contributed by atoms with E-state index in [-0.39, 0.29) is 24.0 Å². The molecule has 1 aliphatic rings. The highest BCUT2D eigenvalue weighted by molar-refractivity contribution is 3.84. The maximum atomic E-state index is 5.85. The van der Waals surface area contributed by atoms with Crippen LogP contribution in [0.5, 0.6) is 0 Å². The quantitative estimate of drug-likeness (QED) is 0.543. The Bertz CT molecular complexity index is 391. The average Bonchev–Trinajstić information content (AvgIpc) is 2.01. The van der Waals surface area contributed by atoms with Crippen LogP contribution >= 0.6 is 0 Å². The van der Waals surface area contributed by atoms with E-state index in [1.165, 1.54) is 0 Å². The Hall–Kier alpha value is -0.480. The second-order valence-corrected chi connectivity index (χ2v) is 7.19. The summed E-state index contributed by atoms with van der Waals surface area (Å²) in [6, 6.07) is 0. The molecule has 0 saturated carbocycles. The van der Waals surface area contributed by atoms with Crippen LogP contribution in [-0.2, 0) is 29.6 Å². The van der Waals surface area contributed by atoms with Crippen molar-refractivity contribution in [1.82, 2.24) is 5.23 Å². The molecule has 1 fully saturated rings. The molecule has 0 spiro atoms. The molecule has 1 aliphatic heterocycles. The summed E-state index contributed by atoms with van der Waals surface area (Å²) in [5.41, 5.74) is 0. The van der Waals surface area contributed by atoms with E-state index < -0.39 is 0 Å². The largest absolute Gasteiger partial charge is 0.144 e. The van der Waals surface area contributed by atoms with Crippen LogP contribution in [0.25, 0.3) is 0 Å². The Morgan fingerprint density at radius 2 is 0.652 bits per heavy atom. The van der Waals surface area contributed by atoms with Gasteiger partial charge >= 0.3 is 0 Å². The summed E-state index contributed by atoms with van der Waals surface area (Å²) in [4.78, 5) is 32.9. The molecule has 1 heterocycles. The first-order chi connectivity index (χ1) is 9.93. The number of nitrogens with zero attached hydrogens (tertiary/aromatic N) is 6. The molecule has 0 unspecified atom stereocenters. The van der Waals surface area contributed by atoms with Crippen molar-refractivity contribution in [1.29, 1.82) is 0 Å². The van der Waals surface area contributed by atoms with Crippen molar-refractivity contribution in [3.05, 3.63) is 0 Å². The topological polar surface area (TPSA) is 58.6 Å². The molecule has 12 nitrogen and oxygen atoms in total. The number of hydrogen-bond acceptors (Lipinski definition) is 7. The SMILES string of the molecule is CN1O[N+](C)(C)O[N+](C)(C)O[N+](C)(C)O[N+](C)(C)O[N+](C)(C)O1. The van der Waals surface area contributed by atoms with Gasteiger partial charge in [-0.3, -0.25) is 0 Å². The van der Waals surface area contributed by atoms with Gasteiger partial charge in [0.05, 0.1) is 41.2 Å². The molecule has 1 saturated heterocycles. The molecule has 0 amide bonds. The Labute approximate surface area is 137 Å². The van der Waals surface area contributed by atoms with Gasteiger partial charge in [-0.2, -0.15) is 0 Å². The second-order valence-electron chi connectivity index (χ2n) is 7.19. The van der Waals surface area contributed by atoms with Crippen molar-refractivity contribution in [2.75, 3.05) is 77.5 Å². The normalized spacial score (nSPS) is 30.9. The first-order valence-corrected chi connectivity index (χ1v) is 7.11. The van der Waals surface area contributed by atoms with Crippen molar-refractivity contribution in [3.63, 3.8) is 0 Å². The van der Waals surface area contributed by atoms with E-state index in [9.17, 15) is 0 Å². The van der Waals surface area contributed by atoms with Gasteiger partial charge < -0.3 is 0 Å². The van der Waals surface area contributed by atoms with E-state index >= 15 is 0 Å². The molecule has 138 valence electrons. The summed E-state index contributed by atoms with van der Waals surface area (Å²) in [6.07, 6.45) is 0. The predicted molar refractivity (Wildman–Crippen MR) is 74.8 cm³/mol. The molecular weight excluding hydrogens is 312 g/mol. The second kappa shape index (κ2) is 6.11. The zero-order valence-corrected chi connectivity index (χ0v) is 16.1. The van der Waals surface area contributed by atoms with Crippen LogP contribution in [0.15, 0.2) is 0 Å². The van der Waals surface area contributed by atoms with Crippen LogP contribution < -0.4 is 0 Å². The Morgan fingerprint density at radius 3 is 0.913 bits per heavy atom. The molecule has 1 rings (SSSR count). The zero-order chi connectivity index (χ0) is 18.3. The van der Waals surface area contributed by atoms with Crippen molar-refractivity contribution < 1.29 is 53.7 Å². The fraction of sp³-hybridized carbons (Fsp3) is 1.00. The van der Waals surface area contributed by atoms with E-state index in [1.54, 1.807) is 77.5 Å². The highest BCUT2D eigenvalue weighted by Gasteiger charge is 2.51. The molecule has 0 radical (unpaired) electrons. The lowest BCUT2D eigenvalue weighted by Crippen LogP contribution is -2.65. The Kier molecular flexibility index (Phi) is 5.46. The van der Waals surface area contributed by atoms with Crippen molar-refractivity contribution >= 4 is 0 Å². The predicted octanol–water partition coefficient (Wildman–Crippen LogP) is -0.607. The fourth-order valence-corrected chi connectivity index (χ4v) is 2.54. The summed E-state index contributed by atoms with van der Waals surface area (Å²) in [6.45, 7) is 0. The van der Waals surface area contributed by atoms with Gasteiger partial charge in [0.25, 0.3) is 0 Å². The third kappa shape index (κ3) is 7.30. The Morgan fingerprint density at radius 1 is 0.435 bits per heavy atom. The number of hydrogen-bond donors (Lipinski definition) is 0. The molecule has 23 heavy (non-hydrogen) atoms. The van der Waals surface area contributed by atoms with Gasteiger partial charge in [0.1, 0.15) is 70.5 Å². The fourth-order valence-electron chi connectivity index (χ4n) is 2.54. The van der Waals surface area contributed by atoms with E-state index in [2.05, 4.69) is 0 Å². The lowest BCUT2D eigenvalue weighted by molar-refractivity contribution is -1.60. The van der Waals surface area contributed by atoms with Gasteiger partial charge in [-0.25, -0.2) is 0 Å². The molecule has 0 bridgehead atoms. The summed E-state index contributed by atoms with van der Waals surface area (Å²) in [5.74, 6) is 0. The third-order valence-corrected chi connectivity index (χ3v) is 2.20. The van der Waals surface area contributed by atoms with Gasteiger partial charge in [-0.1, -0.05) is 0 Å². The maximum absolute atomic E-state index is 5.85. The summed E-state index contributed by atoms with van der Waals surface area (Å²) < 4.78 is 0. The zero-order valence-electron chi connectivity index (χ0n) is 16.1. The number of rotatable bonds is 0.